The molecule has 258 valence electrons. The second-order valence-corrected chi connectivity index (χ2v) is 12.8. The average Bonchev–Trinajstić information content (AvgIpc) is 3.99. The highest BCUT2D eigenvalue weighted by Gasteiger charge is 2.25. The van der Waals surface area contributed by atoms with Gasteiger partial charge in [-0.1, -0.05) is 59.6 Å². The molecule has 11 heteroatoms. The predicted octanol–water partition coefficient (Wildman–Crippen LogP) is 9.80. The molecule has 7 rings (SSSR count). The molecule has 1 aliphatic rings. The van der Waals surface area contributed by atoms with Crippen LogP contribution in [0.1, 0.15) is 61.7 Å². The van der Waals surface area contributed by atoms with E-state index in [0.717, 1.165) is 46.4 Å². The van der Waals surface area contributed by atoms with Crippen LogP contribution in [0.25, 0.3) is 22.6 Å². The van der Waals surface area contributed by atoms with E-state index in [1.165, 1.54) is 0 Å². The van der Waals surface area contributed by atoms with Gasteiger partial charge in [-0.25, -0.2) is 19.6 Å². The minimum absolute atomic E-state index is 0.210. The van der Waals surface area contributed by atoms with E-state index in [1.807, 2.05) is 68.4 Å². The fourth-order valence-corrected chi connectivity index (χ4v) is 5.85. The van der Waals surface area contributed by atoms with Gasteiger partial charge in [0, 0.05) is 16.1 Å². The van der Waals surface area contributed by atoms with Crippen LogP contribution in [0.4, 0.5) is 22.7 Å². The van der Waals surface area contributed by atoms with Crippen molar-refractivity contribution in [3.8, 4) is 28.7 Å². The van der Waals surface area contributed by atoms with Crippen LogP contribution in [0.2, 0.25) is 5.02 Å². The Balaban J connectivity index is 0.000000179. The first-order valence-corrected chi connectivity index (χ1v) is 16.8. The summed E-state index contributed by atoms with van der Waals surface area (Å²) in [6.07, 6.45) is 7.16. The molecule has 2 aromatic heterocycles. The van der Waals surface area contributed by atoms with Crippen LogP contribution < -0.4 is 10.6 Å². The summed E-state index contributed by atoms with van der Waals surface area (Å²) in [5.74, 6) is -0.880. The number of benzene rings is 4. The lowest BCUT2D eigenvalue weighted by molar-refractivity contribution is 0.0687. The number of carboxylic acid groups (broad SMARTS) is 2. The van der Waals surface area contributed by atoms with E-state index >= 15 is 0 Å². The molecule has 4 N–H and O–H groups in total. The number of hydrogen-bond acceptors (Lipinski definition) is 8. The maximum absolute atomic E-state index is 11.6. The Labute approximate surface area is 305 Å². The maximum atomic E-state index is 11.6. The van der Waals surface area contributed by atoms with Crippen molar-refractivity contribution in [2.45, 2.75) is 32.6 Å². The largest absolute Gasteiger partial charge is 0.478 e. The summed E-state index contributed by atoms with van der Waals surface area (Å²) in [5.41, 5.74) is 8.57. The lowest BCUT2D eigenvalue weighted by Gasteiger charge is -2.13. The monoisotopic (exact) mass is 708 g/mol. The summed E-state index contributed by atoms with van der Waals surface area (Å²) < 4.78 is 0. The Morgan fingerprint density at radius 3 is 2.08 bits per heavy atom. The van der Waals surface area contributed by atoms with Crippen molar-refractivity contribution in [1.29, 1.82) is 5.26 Å². The molecule has 0 spiro atoms. The van der Waals surface area contributed by atoms with Crippen LogP contribution in [0.15, 0.2) is 110 Å². The highest BCUT2D eigenvalue weighted by atomic mass is 35.5. The molecule has 52 heavy (non-hydrogen) atoms. The Hall–Kier alpha value is -6.57. The fourth-order valence-electron chi connectivity index (χ4n) is 5.65. The van der Waals surface area contributed by atoms with Crippen molar-refractivity contribution >= 4 is 46.3 Å². The molecule has 1 aliphatic carbocycles. The summed E-state index contributed by atoms with van der Waals surface area (Å²) >= 11 is 6.00. The number of carbonyl (C=O) groups is 2. The number of nitrogens with zero attached hydrogens (tertiary/aromatic N) is 4. The SMILES string of the molecule is Cc1ccc(Nc2cnc(-c3ccccc3C#N)c(C)c2)c(C(=O)O)c1.O=C(O)c1cc(C2CC2)ccc1Nc1cnc(-c2cccc(Cl)c2)nc1. The van der Waals surface area contributed by atoms with Gasteiger partial charge in [0.1, 0.15) is 0 Å². The third kappa shape index (κ3) is 8.41. The molecule has 0 bridgehead atoms. The number of rotatable bonds is 9. The lowest BCUT2D eigenvalue weighted by atomic mass is 10.0. The van der Waals surface area contributed by atoms with Gasteiger partial charge in [-0.3, -0.25) is 4.98 Å². The number of hydrogen-bond donors (Lipinski definition) is 4. The van der Waals surface area contributed by atoms with Gasteiger partial charge < -0.3 is 20.8 Å². The van der Waals surface area contributed by atoms with Gasteiger partial charge in [0.15, 0.2) is 5.82 Å². The third-order valence-electron chi connectivity index (χ3n) is 8.40. The van der Waals surface area contributed by atoms with Crippen molar-refractivity contribution in [1.82, 2.24) is 15.0 Å². The quantitative estimate of drug-likeness (QED) is 0.114. The van der Waals surface area contributed by atoms with Gasteiger partial charge in [-0.05, 0) is 92.3 Å². The van der Waals surface area contributed by atoms with E-state index in [1.54, 1.807) is 55.0 Å². The molecule has 1 fully saturated rings. The summed E-state index contributed by atoms with van der Waals surface area (Å²) in [6.45, 7) is 3.76. The standard InChI is InChI=1S/C21H17N3O2.C20H16ClN3O2/c1-13-7-8-19(18(9-13)21(25)26)24-16-10-14(2)20(23-12-16)17-6-4-3-5-15(17)11-22;21-15-3-1-2-14(8-15)19-22-10-16(11-23-19)24-18-7-6-13(12-4-5-12)9-17(18)20(25)26/h3-10,12,24H,1-2H3,(H,25,26);1-3,6-12,24H,4-5H2,(H,25,26). The minimum Gasteiger partial charge on any atom is -0.478 e. The van der Waals surface area contributed by atoms with E-state index in [9.17, 15) is 25.1 Å². The second-order valence-electron chi connectivity index (χ2n) is 12.3. The molecule has 6 aromatic rings. The number of anilines is 4. The molecule has 0 atom stereocenters. The van der Waals surface area contributed by atoms with Crippen molar-refractivity contribution in [3.63, 3.8) is 0 Å². The molecule has 2 heterocycles. The second kappa shape index (κ2) is 15.5. The number of nitrogens with one attached hydrogen (secondary N) is 2. The van der Waals surface area contributed by atoms with Gasteiger partial charge >= 0.3 is 11.9 Å². The number of aromatic nitrogens is 3. The normalized spacial score (nSPS) is 11.8. The zero-order chi connectivity index (χ0) is 36.8. The molecule has 0 amide bonds. The van der Waals surface area contributed by atoms with Crippen LogP contribution >= 0.6 is 11.6 Å². The van der Waals surface area contributed by atoms with Crippen LogP contribution in [0.3, 0.4) is 0 Å². The molecule has 1 saturated carbocycles. The number of pyridine rings is 1. The van der Waals surface area contributed by atoms with Gasteiger partial charge in [0.2, 0.25) is 0 Å². The zero-order valence-electron chi connectivity index (χ0n) is 28.3. The number of aromatic carboxylic acids is 2. The topological polar surface area (TPSA) is 161 Å². The number of carboxylic acids is 2. The first-order valence-electron chi connectivity index (χ1n) is 16.4. The van der Waals surface area contributed by atoms with Crippen molar-refractivity contribution in [2.75, 3.05) is 10.6 Å². The molecule has 10 nitrogen and oxygen atoms in total. The van der Waals surface area contributed by atoms with Crippen molar-refractivity contribution in [2.24, 2.45) is 0 Å². The lowest BCUT2D eigenvalue weighted by Crippen LogP contribution is -2.04. The molecule has 0 saturated heterocycles. The molecule has 0 radical (unpaired) electrons. The van der Waals surface area contributed by atoms with Gasteiger partial charge in [0.05, 0.1) is 69.8 Å². The smallest absolute Gasteiger partial charge is 0.337 e. The third-order valence-corrected chi connectivity index (χ3v) is 8.64. The van der Waals surface area contributed by atoms with E-state index < -0.39 is 11.9 Å². The van der Waals surface area contributed by atoms with E-state index in [2.05, 4.69) is 31.7 Å². The number of halogens is 1. The van der Waals surface area contributed by atoms with E-state index in [4.69, 9.17) is 11.6 Å². The molecule has 0 unspecified atom stereocenters. The van der Waals surface area contributed by atoms with Gasteiger partial charge in [0.25, 0.3) is 0 Å². The summed E-state index contributed by atoms with van der Waals surface area (Å²) in [4.78, 5) is 36.2. The van der Waals surface area contributed by atoms with Gasteiger partial charge in [-0.15, -0.1) is 0 Å². The van der Waals surface area contributed by atoms with Crippen LogP contribution in [-0.4, -0.2) is 37.1 Å². The summed E-state index contributed by atoms with van der Waals surface area (Å²) in [5, 5.41) is 35.0. The van der Waals surface area contributed by atoms with Gasteiger partial charge in [-0.2, -0.15) is 5.26 Å². The van der Waals surface area contributed by atoms with Crippen LogP contribution in [0, 0.1) is 25.2 Å². The Kier molecular flexibility index (Phi) is 10.5. The minimum atomic E-state index is -0.986. The summed E-state index contributed by atoms with van der Waals surface area (Å²) in [6, 6.07) is 29.5. The molecule has 4 aromatic carbocycles. The Bertz CT molecular complexity index is 2330. The Morgan fingerprint density at radius 2 is 1.42 bits per heavy atom. The zero-order valence-corrected chi connectivity index (χ0v) is 29.0. The van der Waals surface area contributed by atoms with Crippen molar-refractivity contribution in [3.05, 3.63) is 148 Å². The first-order chi connectivity index (χ1) is 25.1. The van der Waals surface area contributed by atoms with Crippen LogP contribution in [0.5, 0.6) is 0 Å². The maximum Gasteiger partial charge on any atom is 0.337 e. The molecule has 0 aliphatic heterocycles. The number of aryl methyl sites for hydroxylation is 2. The molecular formula is C41H33ClN6O4. The fraction of sp³-hybridized carbons (Fsp3) is 0.122. The van der Waals surface area contributed by atoms with Crippen molar-refractivity contribution < 1.29 is 19.8 Å². The predicted molar refractivity (Wildman–Crippen MR) is 202 cm³/mol. The molecular weight excluding hydrogens is 676 g/mol. The summed E-state index contributed by atoms with van der Waals surface area (Å²) in [7, 11) is 0. The highest BCUT2D eigenvalue weighted by molar-refractivity contribution is 6.30. The average molecular weight is 709 g/mol. The Morgan fingerprint density at radius 1 is 0.769 bits per heavy atom. The number of nitriles is 1. The highest BCUT2D eigenvalue weighted by Crippen LogP contribution is 2.41. The first kappa shape index (κ1) is 35.3. The van der Waals surface area contributed by atoms with E-state index in [0.29, 0.717) is 45.1 Å². The van der Waals surface area contributed by atoms with E-state index in [-0.39, 0.29) is 11.1 Å². The van der Waals surface area contributed by atoms with Crippen LogP contribution in [-0.2, 0) is 0 Å².